The number of rotatable bonds is 8. The summed E-state index contributed by atoms with van der Waals surface area (Å²) in [6, 6.07) is 21.5. The van der Waals surface area contributed by atoms with Crippen molar-refractivity contribution in [2.45, 2.75) is 23.5 Å². The van der Waals surface area contributed by atoms with Crippen LogP contribution in [0.15, 0.2) is 90.1 Å². The van der Waals surface area contributed by atoms with E-state index in [-0.39, 0.29) is 28.0 Å². The van der Waals surface area contributed by atoms with E-state index < -0.39 is 28.0 Å². The van der Waals surface area contributed by atoms with Gasteiger partial charge in [0.25, 0.3) is 5.69 Å². The van der Waals surface area contributed by atoms with E-state index in [1.807, 2.05) is 0 Å². The minimum Gasteiger partial charge on any atom is -0.457 e. The number of para-hydroxylation sites is 1. The minimum absolute atomic E-state index is 0.0596. The van der Waals surface area contributed by atoms with Crippen LogP contribution in [-0.2, 0) is 11.0 Å². The van der Waals surface area contributed by atoms with Crippen molar-refractivity contribution in [1.29, 1.82) is 0 Å². The molecule has 1 atom stereocenters. The quantitative estimate of drug-likeness (QED) is 0.111. The number of anilines is 1. The van der Waals surface area contributed by atoms with Gasteiger partial charge in [0.15, 0.2) is 5.16 Å². The summed E-state index contributed by atoms with van der Waals surface area (Å²) in [4.78, 5) is 31.5. The molecule has 0 fully saturated rings. The fraction of sp³-hybridized carbons (Fsp3) is 0.115. The third-order valence-corrected chi connectivity index (χ3v) is 6.03. The largest absolute Gasteiger partial charge is 0.457 e. The third-order valence-electron chi connectivity index (χ3n) is 5.07. The van der Waals surface area contributed by atoms with Crippen LogP contribution in [0.1, 0.15) is 12.6 Å². The summed E-state index contributed by atoms with van der Waals surface area (Å²) in [5, 5.41) is 12.8. The Kier molecular flexibility index (Phi) is 7.91. The minimum atomic E-state index is -4.72. The van der Waals surface area contributed by atoms with Crippen LogP contribution in [0.4, 0.5) is 24.5 Å². The lowest BCUT2D eigenvalue weighted by molar-refractivity contribution is -0.384. The summed E-state index contributed by atoms with van der Waals surface area (Å²) in [7, 11) is 0. The van der Waals surface area contributed by atoms with Gasteiger partial charge in [0.2, 0.25) is 5.91 Å². The van der Waals surface area contributed by atoms with Gasteiger partial charge >= 0.3 is 6.18 Å². The van der Waals surface area contributed by atoms with E-state index in [1.54, 1.807) is 60.7 Å². The first-order valence-electron chi connectivity index (χ1n) is 11.1. The smallest absolute Gasteiger partial charge is 0.433 e. The van der Waals surface area contributed by atoms with Gasteiger partial charge in [0, 0.05) is 17.7 Å². The molecule has 0 radical (unpaired) electrons. The molecule has 4 rings (SSSR count). The van der Waals surface area contributed by atoms with E-state index in [0.717, 1.165) is 23.9 Å². The maximum atomic E-state index is 13.5. The summed E-state index contributed by atoms with van der Waals surface area (Å²) < 4.78 is 46.2. The van der Waals surface area contributed by atoms with E-state index in [1.165, 1.54) is 19.1 Å². The van der Waals surface area contributed by atoms with Crippen LogP contribution in [0.5, 0.6) is 11.5 Å². The molecular weight excluding hydrogens is 521 g/mol. The summed E-state index contributed by atoms with van der Waals surface area (Å²) >= 11 is 0.728. The molecule has 3 aromatic carbocycles. The van der Waals surface area contributed by atoms with Crippen LogP contribution in [0, 0.1) is 10.1 Å². The predicted octanol–water partition coefficient (Wildman–Crippen LogP) is 6.98. The fourth-order valence-corrected chi connectivity index (χ4v) is 4.06. The number of amides is 1. The van der Waals surface area contributed by atoms with E-state index in [4.69, 9.17) is 4.74 Å². The number of nitro benzene ring substituents is 1. The number of benzene rings is 3. The highest BCUT2D eigenvalue weighted by Crippen LogP contribution is 2.34. The first kappa shape index (κ1) is 26.6. The second-order valence-electron chi connectivity index (χ2n) is 7.92. The maximum absolute atomic E-state index is 13.5. The topological polar surface area (TPSA) is 107 Å². The van der Waals surface area contributed by atoms with E-state index in [9.17, 15) is 28.1 Å². The van der Waals surface area contributed by atoms with Crippen molar-refractivity contribution in [2.75, 3.05) is 5.32 Å². The Balaban J connectivity index is 1.56. The van der Waals surface area contributed by atoms with Crippen molar-refractivity contribution in [3.63, 3.8) is 0 Å². The Labute approximate surface area is 219 Å². The molecule has 0 aliphatic heterocycles. The Hall–Kier alpha value is -4.45. The molecule has 1 heterocycles. The molecule has 12 heteroatoms. The fourth-order valence-electron chi connectivity index (χ4n) is 3.28. The van der Waals surface area contributed by atoms with Gasteiger partial charge in [-0.1, -0.05) is 60.3 Å². The van der Waals surface area contributed by atoms with Gasteiger partial charge in [0.1, 0.15) is 17.2 Å². The van der Waals surface area contributed by atoms with Crippen molar-refractivity contribution < 1.29 is 27.6 Å². The predicted molar refractivity (Wildman–Crippen MR) is 136 cm³/mol. The first-order chi connectivity index (χ1) is 18.1. The highest BCUT2D eigenvalue weighted by atomic mass is 32.2. The Morgan fingerprint density at radius 3 is 2.26 bits per heavy atom. The number of nitrogens with zero attached hydrogens (tertiary/aromatic N) is 3. The van der Waals surface area contributed by atoms with Crippen molar-refractivity contribution >= 4 is 29.0 Å². The third kappa shape index (κ3) is 6.85. The number of thioether (sulfide) groups is 1. The standard InChI is InChI=1S/C26H19F3N4O4S/c1-16(38-25-31-22(17-8-4-2-5-9-17)15-23(32-25)26(27,28)29)24(34)30-18-12-19(33(35)36)14-21(13-18)37-20-10-6-3-7-11-20/h2-16H,1H3,(H,30,34). The van der Waals surface area contributed by atoms with Gasteiger partial charge < -0.3 is 10.1 Å². The van der Waals surface area contributed by atoms with Gasteiger partial charge in [-0.15, -0.1) is 0 Å². The first-order valence-corrected chi connectivity index (χ1v) is 12.0. The zero-order valence-corrected chi connectivity index (χ0v) is 20.5. The van der Waals surface area contributed by atoms with E-state index in [0.29, 0.717) is 11.3 Å². The number of hydrogen-bond acceptors (Lipinski definition) is 7. The Bertz CT molecular complexity index is 1450. The van der Waals surface area contributed by atoms with E-state index in [2.05, 4.69) is 15.3 Å². The molecule has 38 heavy (non-hydrogen) atoms. The maximum Gasteiger partial charge on any atom is 0.433 e. The normalized spacial score (nSPS) is 12.0. The molecule has 1 aromatic heterocycles. The molecular formula is C26H19F3N4O4S. The van der Waals surface area contributed by atoms with Crippen LogP contribution in [0.3, 0.4) is 0 Å². The number of carbonyl (C=O) groups excluding carboxylic acids is 1. The van der Waals surface area contributed by atoms with Crippen molar-refractivity contribution in [2.24, 2.45) is 0 Å². The summed E-state index contributed by atoms with van der Waals surface area (Å²) in [5.74, 6) is -0.0664. The number of hydrogen-bond donors (Lipinski definition) is 1. The molecule has 0 saturated carbocycles. The van der Waals surface area contributed by atoms with Crippen LogP contribution >= 0.6 is 11.8 Å². The molecule has 0 spiro atoms. The van der Waals surface area contributed by atoms with Crippen molar-refractivity contribution in [3.8, 4) is 22.8 Å². The summed E-state index contributed by atoms with van der Waals surface area (Å²) in [6.07, 6.45) is -4.72. The molecule has 1 N–H and O–H groups in total. The van der Waals surface area contributed by atoms with Crippen LogP contribution in [0.25, 0.3) is 11.3 Å². The van der Waals surface area contributed by atoms with Gasteiger partial charge in [-0.05, 0) is 25.1 Å². The summed E-state index contributed by atoms with van der Waals surface area (Å²) in [5.41, 5.74) is -0.852. The highest BCUT2D eigenvalue weighted by molar-refractivity contribution is 8.00. The zero-order valence-electron chi connectivity index (χ0n) is 19.7. The molecule has 8 nitrogen and oxygen atoms in total. The van der Waals surface area contributed by atoms with Gasteiger partial charge in [-0.3, -0.25) is 14.9 Å². The highest BCUT2D eigenvalue weighted by Gasteiger charge is 2.34. The number of halogens is 3. The Morgan fingerprint density at radius 2 is 1.63 bits per heavy atom. The van der Waals surface area contributed by atoms with Crippen molar-refractivity contribution in [1.82, 2.24) is 9.97 Å². The summed E-state index contributed by atoms with van der Waals surface area (Å²) in [6.45, 7) is 1.46. The molecule has 1 amide bonds. The number of nitro groups is 1. The monoisotopic (exact) mass is 540 g/mol. The second kappa shape index (κ2) is 11.3. The zero-order chi connectivity index (χ0) is 27.3. The van der Waals surface area contributed by atoms with Gasteiger partial charge in [0.05, 0.1) is 27.6 Å². The number of ether oxygens (including phenoxy) is 1. The SMILES string of the molecule is CC(Sc1nc(-c2ccccc2)cc(C(F)(F)F)n1)C(=O)Nc1cc(Oc2ccccc2)cc([N+](=O)[O-])c1. The average molecular weight is 541 g/mol. The lowest BCUT2D eigenvalue weighted by Crippen LogP contribution is -2.23. The molecule has 4 aromatic rings. The number of nitrogens with one attached hydrogen (secondary N) is 1. The molecule has 1 unspecified atom stereocenters. The van der Waals surface area contributed by atoms with Gasteiger partial charge in [-0.2, -0.15) is 13.2 Å². The molecule has 0 aliphatic rings. The van der Waals surface area contributed by atoms with Crippen LogP contribution in [-0.4, -0.2) is 26.0 Å². The lowest BCUT2D eigenvalue weighted by atomic mass is 10.1. The number of aromatic nitrogens is 2. The van der Waals surface area contributed by atoms with Crippen LogP contribution < -0.4 is 10.1 Å². The number of carbonyl (C=O) groups is 1. The average Bonchev–Trinajstić information content (AvgIpc) is 2.89. The molecule has 194 valence electrons. The Morgan fingerprint density at radius 1 is 0.974 bits per heavy atom. The molecule has 0 saturated heterocycles. The van der Waals surface area contributed by atoms with E-state index >= 15 is 0 Å². The molecule has 0 aliphatic carbocycles. The number of non-ortho nitro benzene ring substituents is 1. The van der Waals surface area contributed by atoms with Crippen LogP contribution in [0.2, 0.25) is 0 Å². The second-order valence-corrected chi connectivity index (χ2v) is 9.23. The van der Waals surface area contributed by atoms with Gasteiger partial charge in [-0.25, -0.2) is 9.97 Å². The van der Waals surface area contributed by atoms with Crippen molar-refractivity contribution in [3.05, 3.63) is 101 Å². The number of alkyl halides is 3. The lowest BCUT2D eigenvalue weighted by Gasteiger charge is -2.14. The molecule has 0 bridgehead atoms.